The van der Waals surface area contributed by atoms with Gasteiger partial charge in [0.05, 0.1) is 21.9 Å². The van der Waals surface area contributed by atoms with Crippen molar-refractivity contribution in [3.63, 3.8) is 0 Å². The van der Waals surface area contributed by atoms with Gasteiger partial charge in [-0.3, -0.25) is 9.59 Å². The molecule has 11 heteroatoms. The first kappa shape index (κ1) is 23.3. The first-order valence-corrected chi connectivity index (χ1v) is 12.9. The smallest absolute Gasteiger partial charge is 0.338 e. The molecule has 4 rings (SSSR count). The van der Waals surface area contributed by atoms with Crippen molar-refractivity contribution in [1.29, 1.82) is 0 Å². The highest BCUT2D eigenvalue weighted by atomic mass is 32.2. The Morgan fingerprint density at radius 1 is 1.09 bits per heavy atom. The highest BCUT2D eigenvalue weighted by Crippen LogP contribution is 2.32. The number of anilines is 2. The van der Waals surface area contributed by atoms with E-state index >= 15 is 0 Å². The van der Waals surface area contributed by atoms with E-state index in [1.807, 2.05) is 0 Å². The summed E-state index contributed by atoms with van der Waals surface area (Å²) in [6, 6.07) is 10.8. The van der Waals surface area contributed by atoms with Gasteiger partial charge in [0.25, 0.3) is 5.91 Å². The molecule has 2 N–H and O–H groups in total. The Bertz CT molecular complexity index is 1190. The van der Waals surface area contributed by atoms with Gasteiger partial charge in [0.15, 0.2) is 6.61 Å². The van der Waals surface area contributed by atoms with Gasteiger partial charge in [0.2, 0.25) is 15.9 Å². The zero-order chi connectivity index (χ0) is 23.4. The molecule has 1 saturated heterocycles. The van der Waals surface area contributed by atoms with E-state index in [-0.39, 0.29) is 16.4 Å². The number of rotatable bonds is 6. The lowest BCUT2D eigenvalue weighted by Gasteiger charge is -2.26. The molecular weight excluding hydrogens is 466 g/mol. The molecule has 2 heterocycles. The average Bonchev–Trinajstić information content (AvgIpc) is 2.82. The summed E-state index contributed by atoms with van der Waals surface area (Å²) in [5.74, 6) is -1.14. The first-order chi connectivity index (χ1) is 15.8. The quantitative estimate of drug-likeness (QED) is 0.598. The van der Waals surface area contributed by atoms with Crippen LogP contribution in [-0.2, 0) is 24.3 Å². The fourth-order valence-electron chi connectivity index (χ4n) is 3.61. The molecule has 0 spiro atoms. The predicted molar refractivity (Wildman–Crippen MR) is 124 cm³/mol. The molecule has 0 aromatic heterocycles. The number of hydrogen-bond donors (Lipinski definition) is 2. The maximum Gasteiger partial charge on any atom is 0.338 e. The molecule has 0 radical (unpaired) electrons. The standard InChI is InChI=1S/C22H23N3O6S2/c26-20(13-31-22(28)15-7-8-19-18(11-15)24-21(27)14-32-19)23-16-5-4-6-17(12-16)33(29,30)25-9-2-1-3-10-25/h4-8,11-12H,1-3,9-10,13-14H2,(H,23,26)(H,24,27). The predicted octanol–water partition coefficient (Wildman–Crippen LogP) is 2.70. The van der Waals surface area contributed by atoms with Crippen LogP contribution in [0.2, 0.25) is 0 Å². The van der Waals surface area contributed by atoms with Gasteiger partial charge < -0.3 is 15.4 Å². The first-order valence-electron chi connectivity index (χ1n) is 10.5. The number of carbonyl (C=O) groups excluding carboxylic acids is 3. The van der Waals surface area contributed by atoms with Crippen molar-refractivity contribution < 1.29 is 27.5 Å². The van der Waals surface area contributed by atoms with Gasteiger partial charge in [-0.05, 0) is 49.2 Å². The van der Waals surface area contributed by atoms with Gasteiger partial charge in [-0.15, -0.1) is 11.8 Å². The molecule has 9 nitrogen and oxygen atoms in total. The number of sulfonamides is 1. The van der Waals surface area contributed by atoms with Crippen molar-refractivity contribution in [2.75, 3.05) is 36.1 Å². The van der Waals surface area contributed by atoms with E-state index in [2.05, 4.69) is 10.6 Å². The van der Waals surface area contributed by atoms with Crippen molar-refractivity contribution in [2.24, 2.45) is 0 Å². The Morgan fingerprint density at radius 2 is 1.88 bits per heavy atom. The van der Waals surface area contributed by atoms with E-state index in [0.717, 1.165) is 24.2 Å². The minimum absolute atomic E-state index is 0.105. The fourth-order valence-corrected chi connectivity index (χ4v) is 5.96. The lowest BCUT2D eigenvalue weighted by Crippen LogP contribution is -2.35. The van der Waals surface area contributed by atoms with Crippen LogP contribution in [0.4, 0.5) is 11.4 Å². The van der Waals surface area contributed by atoms with Crippen LogP contribution in [0.1, 0.15) is 29.6 Å². The maximum absolute atomic E-state index is 12.8. The molecule has 174 valence electrons. The highest BCUT2D eigenvalue weighted by molar-refractivity contribution is 8.00. The van der Waals surface area contributed by atoms with E-state index < -0.39 is 28.5 Å². The number of thioether (sulfide) groups is 1. The number of ether oxygens (including phenoxy) is 1. The van der Waals surface area contributed by atoms with Gasteiger partial charge in [-0.1, -0.05) is 12.5 Å². The van der Waals surface area contributed by atoms with Crippen LogP contribution in [0.5, 0.6) is 0 Å². The Balaban J connectivity index is 1.35. The third kappa shape index (κ3) is 5.55. The number of carbonyl (C=O) groups is 3. The molecule has 2 aromatic rings. The molecule has 0 saturated carbocycles. The largest absolute Gasteiger partial charge is 0.452 e. The topological polar surface area (TPSA) is 122 Å². The molecule has 0 unspecified atom stereocenters. The number of nitrogens with one attached hydrogen (secondary N) is 2. The van der Waals surface area contributed by atoms with E-state index in [1.165, 1.54) is 34.3 Å². The van der Waals surface area contributed by atoms with Crippen LogP contribution in [0.15, 0.2) is 52.3 Å². The zero-order valence-electron chi connectivity index (χ0n) is 17.7. The van der Waals surface area contributed by atoms with Gasteiger partial charge in [-0.25, -0.2) is 13.2 Å². The molecule has 0 aliphatic carbocycles. The van der Waals surface area contributed by atoms with E-state index in [1.54, 1.807) is 24.3 Å². The van der Waals surface area contributed by atoms with Crippen LogP contribution in [0, 0.1) is 0 Å². The van der Waals surface area contributed by atoms with E-state index in [0.29, 0.717) is 30.2 Å². The Labute approximate surface area is 195 Å². The van der Waals surface area contributed by atoms with Crippen LogP contribution >= 0.6 is 11.8 Å². The number of amides is 2. The minimum Gasteiger partial charge on any atom is -0.452 e. The number of hydrogen-bond acceptors (Lipinski definition) is 7. The zero-order valence-corrected chi connectivity index (χ0v) is 19.3. The van der Waals surface area contributed by atoms with E-state index in [4.69, 9.17) is 4.74 Å². The van der Waals surface area contributed by atoms with Crippen LogP contribution < -0.4 is 10.6 Å². The molecule has 0 atom stereocenters. The lowest BCUT2D eigenvalue weighted by molar-refractivity contribution is -0.119. The lowest BCUT2D eigenvalue weighted by atomic mass is 10.2. The molecule has 0 bridgehead atoms. The van der Waals surface area contributed by atoms with Crippen molar-refractivity contribution in [3.8, 4) is 0 Å². The molecule has 1 fully saturated rings. The summed E-state index contributed by atoms with van der Waals surface area (Å²) in [4.78, 5) is 37.1. The summed E-state index contributed by atoms with van der Waals surface area (Å²) >= 11 is 1.37. The summed E-state index contributed by atoms with van der Waals surface area (Å²) in [6.07, 6.45) is 2.67. The normalized spacial score (nSPS) is 16.4. The van der Waals surface area contributed by atoms with Gasteiger partial charge >= 0.3 is 5.97 Å². The SMILES string of the molecule is O=C(COC(=O)c1ccc2c(c1)NC(=O)CS2)Nc1cccc(S(=O)(=O)N2CCCCC2)c1. The number of benzene rings is 2. The summed E-state index contributed by atoms with van der Waals surface area (Å²) < 4.78 is 32.2. The maximum atomic E-state index is 12.8. The third-order valence-electron chi connectivity index (χ3n) is 5.25. The third-order valence-corrected chi connectivity index (χ3v) is 8.22. The van der Waals surface area contributed by atoms with Crippen LogP contribution in [0.25, 0.3) is 0 Å². The van der Waals surface area contributed by atoms with Crippen molar-refractivity contribution >= 4 is 50.9 Å². The number of esters is 1. The molecule has 33 heavy (non-hydrogen) atoms. The van der Waals surface area contributed by atoms with Crippen molar-refractivity contribution in [3.05, 3.63) is 48.0 Å². The summed E-state index contributed by atoms with van der Waals surface area (Å²) in [5, 5.41) is 5.25. The molecule has 2 amide bonds. The van der Waals surface area contributed by atoms with Gasteiger partial charge in [-0.2, -0.15) is 4.31 Å². The summed E-state index contributed by atoms with van der Waals surface area (Å²) in [7, 11) is -3.63. The molecule has 2 aliphatic heterocycles. The minimum atomic E-state index is -3.63. The number of fused-ring (bicyclic) bond motifs is 1. The van der Waals surface area contributed by atoms with E-state index in [9.17, 15) is 22.8 Å². The van der Waals surface area contributed by atoms with Crippen molar-refractivity contribution in [1.82, 2.24) is 4.31 Å². The van der Waals surface area contributed by atoms with Crippen LogP contribution in [0.3, 0.4) is 0 Å². The average molecular weight is 490 g/mol. The Hall–Kier alpha value is -2.89. The van der Waals surface area contributed by atoms with Gasteiger partial charge in [0.1, 0.15) is 0 Å². The monoisotopic (exact) mass is 489 g/mol. The Morgan fingerprint density at radius 3 is 2.67 bits per heavy atom. The Kier molecular flexibility index (Phi) is 7.01. The second-order valence-corrected chi connectivity index (χ2v) is 10.6. The molecule has 2 aliphatic rings. The van der Waals surface area contributed by atoms with Crippen molar-refractivity contribution in [2.45, 2.75) is 29.1 Å². The summed E-state index contributed by atoms with van der Waals surface area (Å²) in [5.41, 5.74) is 1.03. The fraction of sp³-hybridized carbons (Fsp3) is 0.318. The van der Waals surface area contributed by atoms with Gasteiger partial charge in [0, 0.05) is 23.7 Å². The second kappa shape index (κ2) is 9.94. The summed E-state index contributed by atoms with van der Waals surface area (Å²) in [6.45, 7) is 0.431. The molecule has 2 aromatic carbocycles. The highest BCUT2D eigenvalue weighted by Gasteiger charge is 2.26. The number of nitrogens with zero attached hydrogens (tertiary/aromatic N) is 1. The molecular formula is C22H23N3O6S2. The second-order valence-electron chi connectivity index (χ2n) is 7.66. The number of piperidine rings is 1. The van der Waals surface area contributed by atoms with Crippen LogP contribution in [-0.4, -0.2) is 56.0 Å².